The second kappa shape index (κ2) is 9.15. The van der Waals surface area contributed by atoms with E-state index < -0.39 is 0 Å². The first-order valence-corrected chi connectivity index (χ1v) is 10.00. The summed E-state index contributed by atoms with van der Waals surface area (Å²) in [5, 5.41) is 2.98. The van der Waals surface area contributed by atoms with Crippen LogP contribution in [0.4, 0.5) is 5.69 Å². The number of nitrogens with one attached hydrogen (secondary N) is 1. The molecule has 5 nitrogen and oxygen atoms in total. The lowest BCUT2D eigenvalue weighted by atomic mass is 9.96. The lowest BCUT2D eigenvalue weighted by Gasteiger charge is -2.31. The summed E-state index contributed by atoms with van der Waals surface area (Å²) in [7, 11) is 0. The van der Waals surface area contributed by atoms with Crippen molar-refractivity contribution in [2.24, 2.45) is 5.92 Å². The van der Waals surface area contributed by atoms with E-state index in [1.54, 1.807) is 17.0 Å². The summed E-state index contributed by atoms with van der Waals surface area (Å²) in [5.74, 6) is 6.05. The molecular formula is C25H22N2O3. The van der Waals surface area contributed by atoms with E-state index in [0.717, 1.165) is 24.0 Å². The quantitative estimate of drug-likeness (QED) is 0.674. The number of hydrogen-bond acceptors (Lipinski definition) is 3. The Morgan fingerprint density at radius 2 is 1.77 bits per heavy atom. The Labute approximate surface area is 175 Å². The second-order valence-corrected chi connectivity index (χ2v) is 7.25. The van der Waals surface area contributed by atoms with Crippen LogP contribution in [0.25, 0.3) is 0 Å². The van der Waals surface area contributed by atoms with Crippen molar-refractivity contribution in [2.45, 2.75) is 12.8 Å². The van der Waals surface area contributed by atoms with E-state index in [4.69, 9.17) is 4.42 Å². The van der Waals surface area contributed by atoms with E-state index in [-0.39, 0.29) is 17.7 Å². The number of likely N-dealkylation sites (tertiary alicyclic amines) is 1. The molecule has 30 heavy (non-hydrogen) atoms. The van der Waals surface area contributed by atoms with E-state index in [1.807, 2.05) is 54.6 Å². The predicted molar refractivity (Wildman–Crippen MR) is 115 cm³/mol. The van der Waals surface area contributed by atoms with Crippen LogP contribution >= 0.6 is 0 Å². The van der Waals surface area contributed by atoms with Gasteiger partial charge in [0.1, 0.15) is 0 Å². The van der Waals surface area contributed by atoms with Gasteiger partial charge in [-0.1, -0.05) is 36.1 Å². The third-order valence-electron chi connectivity index (χ3n) is 5.07. The summed E-state index contributed by atoms with van der Waals surface area (Å²) >= 11 is 0. The van der Waals surface area contributed by atoms with Crippen molar-refractivity contribution in [1.29, 1.82) is 0 Å². The van der Waals surface area contributed by atoms with Crippen LogP contribution in [0.2, 0.25) is 0 Å². The van der Waals surface area contributed by atoms with Gasteiger partial charge in [0.25, 0.3) is 5.91 Å². The molecule has 0 spiro atoms. The highest BCUT2D eigenvalue weighted by Crippen LogP contribution is 2.21. The molecule has 2 heterocycles. The standard InChI is InChI=1S/C25H22N2O3/c28-24(21-10-5-15-27(18-21)25(29)23-12-6-16-30-23)26-22-11-4-9-20(17-22)14-13-19-7-2-1-3-8-19/h1-4,6-9,11-12,16-17,21H,5,10,15,18H2,(H,26,28)/t21-/m0/s1. The highest BCUT2D eigenvalue weighted by molar-refractivity contribution is 5.95. The van der Waals surface area contributed by atoms with Crippen LogP contribution < -0.4 is 5.32 Å². The minimum Gasteiger partial charge on any atom is -0.459 e. The highest BCUT2D eigenvalue weighted by Gasteiger charge is 2.29. The maximum atomic E-state index is 12.8. The summed E-state index contributed by atoms with van der Waals surface area (Å²) in [4.78, 5) is 27.0. The van der Waals surface area contributed by atoms with Crippen molar-refractivity contribution in [3.63, 3.8) is 0 Å². The zero-order chi connectivity index (χ0) is 20.8. The van der Waals surface area contributed by atoms with Gasteiger partial charge in [0, 0.05) is 29.9 Å². The molecule has 1 N–H and O–H groups in total. The van der Waals surface area contributed by atoms with E-state index >= 15 is 0 Å². The summed E-state index contributed by atoms with van der Waals surface area (Å²) in [6, 6.07) is 20.6. The fourth-order valence-corrected chi connectivity index (χ4v) is 3.52. The molecule has 1 aromatic heterocycles. The number of nitrogens with zero attached hydrogens (tertiary/aromatic N) is 1. The summed E-state index contributed by atoms with van der Waals surface area (Å²) in [5.41, 5.74) is 2.47. The zero-order valence-electron chi connectivity index (χ0n) is 16.5. The molecule has 1 saturated heterocycles. The number of anilines is 1. The van der Waals surface area contributed by atoms with Crippen molar-refractivity contribution >= 4 is 17.5 Å². The second-order valence-electron chi connectivity index (χ2n) is 7.25. The molecule has 2 amide bonds. The van der Waals surface area contributed by atoms with Crippen LogP contribution in [-0.4, -0.2) is 29.8 Å². The monoisotopic (exact) mass is 398 g/mol. The van der Waals surface area contributed by atoms with Gasteiger partial charge >= 0.3 is 0 Å². The highest BCUT2D eigenvalue weighted by atomic mass is 16.3. The molecule has 0 radical (unpaired) electrons. The fraction of sp³-hybridized carbons (Fsp3) is 0.200. The molecule has 2 aromatic carbocycles. The number of carbonyl (C=O) groups excluding carboxylic acids is 2. The Morgan fingerprint density at radius 1 is 0.967 bits per heavy atom. The molecule has 0 bridgehead atoms. The average molecular weight is 398 g/mol. The third kappa shape index (κ3) is 4.79. The molecule has 0 aliphatic carbocycles. The minimum absolute atomic E-state index is 0.0832. The number of benzene rings is 2. The molecule has 1 aliphatic heterocycles. The van der Waals surface area contributed by atoms with Gasteiger partial charge in [-0.3, -0.25) is 9.59 Å². The molecule has 5 heteroatoms. The molecule has 0 unspecified atom stereocenters. The van der Waals surface area contributed by atoms with Crippen molar-refractivity contribution in [3.8, 4) is 11.8 Å². The van der Waals surface area contributed by atoms with Crippen molar-refractivity contribution < 1.29 is 14.0 Å². The number of furan rings is 1. The van der Waals surface area contributed by atoms with Gasteiger partial charge in [-0.25, -0.2) is 0 Å². The number of hydrogen-bond donors (Lipinski definition) is 1. The molecule has 3 aromatic rings. The Hall–Kier alpha value is -3.78. The third-order valence-corrected chi connectivity index (χ3v) is 5.07. The summed E-state index contributed by atoms with van der Waals surface area (Å²) in [6.07, 6.45) is 3.02. The smallest absolute Gasteiger partial charge is 0.289 e. The lowest BCUT2D eigenvalue weighted by Crippen LogP contribution is -2.43. The van der Waals surface area contributed by atoms with Gasteiger partial charge in [0.05, 0.1) is 12.2 Å². The van der Waals surface area contributed by atoms with E-state index in [9.17, 15) is 9.59 Å². The van der Waals surface area contributed by atoms with Gasteiger partial charge in [0.15, 0.2) is 5.76 Å². The maximum Gasteiger partial charge on any atom is 0.289 e. The van der Waals surface area contributed by atoms with Crippen molar-refractivity contribution in [3.05, 3.63) is 89.9 Å². The molecule has 4 rings (SSSR count). The van der Waals surface area contributed by atoms with E-state index in [1.165, 1.54) is 6.26 Å². The number of carbonyl (C=O) groups is 2. The van der Waals surface area contributed by atoms with Crippen LogP contribution in [0.5, 0.6) is 0 Å². The molecule has 1 atom stereocenters. The SMILES string of the molecule is O=C(Nc1cccc(C#Cc2ccccc2)c1)[C@H]1CCCN(C(=O)c2ccco2)C1. The molecule has 1 aliphatic rings. The van der Waals surface area contributed by atoms with Gasteiger partial charge in [-0.05, 0) is 55.3 Å². The first-order chi connectivity index (χ1) is 14.7. The lowest BCUT2D eigenvalue weighted by molar-refractivity contribution is -0.121. The van der Waals surface area contributed by atoms with E-state index in [2.05, 4.69) is 17.2 Å². The number of amides is 2. The van der Waals surface area contributed by atoms with Crippen LogP contribution in [0.3, 0.4) is 0 Å². The maximum absolute atomic E-state index is 12.8. The summed E-state index contributed by atoms with van der Waals surface area (Å²) in [6.45, 7) is 1.02. The number of piperidine rings is 1. The number of rotatable bonds is 3. The Morgan fingerprint density at radius 3 is 2.57 bits per heavy atom. The zero-order valence-corrected chi connectivity index (χ0v) is 16.5. The largest absolute Gasteiger partial charge is 0.459 e. The fourth-order valence-electron chi connectivity index (χ4n) is 3.52. The first kappa shape index (κ1) is 19.5. The Kier molecular flexibility index (Phi) is 5.95. The topological polar surface area (TPSA) is 62.6 Å². The first-order valence-electron chi connectivity index (χ1n) is 10.00. The van der Waals surface area contributed by atoms with Gasteiger partial charge in [-0.2, -0.15) is 0 Å². The molecule has 150 valence electrons. The predicted octanol–water partition coefficient (Wildman–Crippen LogP) is 4.17. The normalized spacial score (nSPS) is 15.7. The van der Waals surface area contributed by atoms with Crippen LogP contribution in [0.1, 0.15) is 34.5 Å². The van der Waals surface area contributed by atoms with Crippen molar-refractivity contribution in [2.75, 3.05) is 18.4 Å². The Bertz CT molecular complexity index is 1080. The van der Waals surface area contributed by atoms with Gasteiger partial charge < -0.3 is 14.6 Å². The van der Waals surface area contributed by atoms with Gasteiger partial charge in [-0.15, -0.1) is 0 Å². The Balaban J connectivity index is 1.40. The van der Waals surface area contributed by atoms with E-state index in [0.29, 0.717) is 24.5 Å². The molecule has 0 saturated carbocycles. The molecular weight excluding hydrogens is 376 g/mol. The molecule has 1 fully saturated rings. The van der Waals surface area contributed by atoms with Crippen LogP contribution in [-0.2, 0) is 4.79 Å². The minimum atomic E-state index is -0.253. The van der Waals surface area contributed by atoms with Crippen LogP contribution in [0, 0.1) is 17.8 Å². The van der Waals surface area contributed by atoms with Crippen LogP contribution in [0.15, 0.2) is 77.4 Å². The summed E-state index contributed by atoms with van der Waals surface area (Å²) < 4.78 is 5.20. The average Bonchev–Trinajstić information content (AvgIpc) is 3.33. The van der Waals surface area contributed by atoms with Gasteiger partial charge in [0.2, 0.25) is 5.91 Å². The van der Waals surface area contributed by atoms with Crippen molar-refractivity contribution in [1.82, 2.24) is 4.90 Å².